The maximum absolute atomic E-state index is 4.24. The number of aryl methyl sites for hydroxylation is 1. The highest BCUT2D eigenvalue weighted by Gasteiger charge is 2.22. The first-order valence-corrected chi connectivity index (χ1v) is 6.52. The third kappa shape index (κ3) is 2.72. The van der Waals surface area contributed by atoms with E-state index >= 15 is 0 Å². The van der Waals surface area contributed by atoms with Crippen molar-refractivity contribution < 1.29 is 0 Å². The predicted molar refractivity (Wildman–Crippen MR) is 67.5 cm³/mol. The Balaban J connectivity index is 1.56. The standard InChI is InChI=1S/C14H19N3/c1-11-2-5-14(16-15-11)10-17-8-6-13(7-9-17)12-3-4-12/h2,5H,3-4,6-10H2,1H3. The fraction of sp³-hybridized carbons (Fsp3) is 0.571. The topological polar surface area (TPSA) is 29.0 Å². The van der Waals surface area contributed by atoms with Crippen molar-refractivity contribution in [3.63, 3.8) is 0 Å². The number of allylic oxidation sites excluding steroid dienone is 1. The molecular weight excluding hydrogens is 210 g/mol. The zero-order valence-corrected chi connectivity index (χ0v) is 10.4. The Morgan fingerprint density at radius 3 is 2.29 bits per heavy atom. The van der Waals surface area contributed by atoms with Gasteiger partial charge < -0.3 is 0 Å². The van der Waals surface area contributed by atoms with Crippen molar-refractivity contribution in [2.45, 2.75) is 39.2 Å². The summed E-state index contributed by atoms with van der Waals surface area (Å²) in [6.45, 7) is 5.31. The van der Waals surface area contributed by atoms with Crippen LogP contribution in [0.4, 0.5) is 0 Å². The van der Waals surface area contributed by atoms with Crippen LogP contribution in [0.25, 0.3) is 0 Å². The van der Waals surface area contributed by atoms with Crippen LogP contribution in [0.1, 0.15) is 37.1 Å². The van der Waals surface area contributed by atoms with Crippen molar-refractivity contribution in [3.05, 3.63) is 34.7 Å². The molecule has 2 heterocycles. The number of likely N-dealkylation sites (tertiary alicyclic amines) is 1. The minimum atomic E-state index is 0.954. The van der Waals surface area contributed by atoms with Crippen molar-refractivity contribution in [3.8, 4) is 0 Å². The van der Waals surface area contributed by atoms with Crippen molar-refractivity contribution in [2.24, 2.45) is 0 Å². The lowest BCUT2D eigenvalue weighted by Gasteiger charge is -2.27. The van der Waals surface area contributed by atoms with Gasteiger partial charge in [-0.15, -0.1) is 0 Å². The number of rotatable bonds is 2. The van der Waals surface area contributed by atoms with Crippen LogP contribution in [0, 0.1) is 6.92 Å². The molecule has 0 amide bonds. The largest absolute Gasteiger partial charge is 0.297 e. The van der Waals surface area contributed by atoms with E-state index in [0.717, 1.165) is 17.9 Å². The van der Waals surface area contributed by atoms with Crippen LogP contribution >= 0.6 is 0 Å². The van der Waals surface area contributed by atoms with Gasteiger partial charge in [-0.25, -0.2) is 0 Å². The van der Waals surface area contributed by atoms with Gasteiger partial charge in [-0.05, 0) is 44.7 Å². The molecule has 0 aromatic carbocycles. The molecule has 0 radical (unpaired) electrons. The van der Waals surface area contributed by atoms with Gasteiger partial charge in [0.1, 0.15) is 0 Å². The van der Waals surface area contributed by atoms with Gasteiger partial charge in [-0.3, -0.25) is 4.90 Å². The lowest BCUT2D eigenvalue weighted by atomic mass is 10.0. The van der Waals surface area contributed by atoms with Gasteiger partial charge in [-0.2, -0.15) is 10.2 Å². The number of hydrogen-bond acceptors (Lipinski definition) is 3. The van der Waals surface area contributed by atoms with E-state index < -0.39 is 0 Å². The number of nitrogens with zero attached hydrogens (tertiary/aromatic N) is 3. The van der Waals surface area contributed by atoms with Gasteiger partial charge >= 0.3 is 0 Å². The van der Waals surface area contributed by atoms with Gasteiger partial charge in [0.05, 0.1) is 11.4 Å². The summed E-state index contributed by atoms with van der Waals surface area (Å²) < 4.78 is 0. The molecule has 1 aliphatic heterocycles. The van der Waals surface area contributed by atoms with Crippen molar-refractivity contribution in [1.29, 1.82) is 0 Å². The molecule has 1 saturated heterocycles. The second-order valence-corrected chi connectivity index (χ2v) is 5.15. The summed E-state index contributed by atoms with van der Waals surface area (Å²) in [6, 6.07) is 4.14. The van der Waals surface area contributed by atoms with E-state index in [4.69, 9.17) is 0 Å². The maximum Gasteiger partial charge on any atom is 0.0771 e. The Labute approximate surface area is 103 Å². The third-order valence-corrected chi connectivity index (χ3v) is 3.70. The van der Waals surface area contributed by atoms with Crippen LogP contribution < -0.4 is 0 Å². The summed E-state index contributed by atoms with van der Waals surface area (Å²) >= 11 is 0. The van der Waals surface area contributed by atoms with Gasteiger partial charge in [0.2, 0.25) is 0 Å². The summed E-state index contributed by atoms with van der Waals surface area (Å²) in [5.41, 5.74) is 5.59. The van der Waals surface area contributed by atoms with Crippen molar-refractivity contribution in [2.75, 3.05) is 13.1 Å². The highest BCUT2D eigenvalue weighted by molar-refractivity contribution is 5.26. The summed E-state index contributed by atoms with van der Waals surface area (Å²) in [7, 11) is 0. The summed E-state index contributed by atoms with van der Waals surface area (Å²) in [5, 5.41) is 8.35. The first-order chi connectivity index (χ1) is 8.31. The molecule has 1 saturated carbocycles. The van der Waals surface area contributed by atoms with Crippen LogP contribution in [0.15, 0.2) is 23.3 Å². The lowest BCUT2D eigenvalue weighted by molar-refractivity contribution is 0.244. The molecule has 1 aromatic heterocycles. The molecule has 0 spiro atoms. The quantitative estimate of drug-likeness (QED) is 0.729. The smallest absolute Gasteiger partial charge is 0.0771 e. The molecule has 3 nitrogen and oxygen atoms in total. The Kier molecular flexibility index (Phi) is 2.93. The highest BCUT2D eigenvalue weighted by Crippen LogP contribution is 2.36. The minimum Gasteiger partial charge on any atom is -0.297 e. The molecule has 2 aliphatic rings. The molecule has 3 heteroatoms. The number of aromatic nitrogens is 2. The molecular formula is C14H19N3. The Morgan fingerprint density at radius 1 is 1.00 bits per heavy atom. The Morgan fingerprint density at radius 2 is 1.71 bits per heavy atom. The second kappa shape index (κ2) is 4.57. The summed E-state index contributed by atoms with van der Waals surface area (Å²) in [5.74, 6) is 0. The van der Waals surface area contributed by atoms with Crippen LogP contribution in [0.3, 0.4) is 0 Å². The number of hydrogen-bond donors (Lipinski definition) is 0. The zero-order valence-electron chi connectivity index (χ0n) is 10.4. The van der Waals surface area contributed by atoms with E-state index in [1.54, 1.807) is 11.1 Å². The average molecular weight is 229 g/mol. The predicted octanol–water partition coefficient (Wildman–Crippen LogP) is 2.47. The molecule has 17 heavy (non-hydrogen) atoms. The number of piperidine rings is 1. The normalized spacial score (nSPS) is 20.8. The minimum absolute atomic E-state index is 0.954. The fourth-order valence-corrected chi connectivity index (χ4v) is 2.49. The van der Waals surface area contributed by atoms with E-state index in [-0.39, 0.29) is 0 Å². The monoisotopic (exact) mass is 229 g/mol. The van der Waals surface area contributed by atoms with Gasteiger partial charge in [-0.1, -0.05) is 11.1 Å². The van der Waals surface area contributed by atoms with Crippen molar-refractivity contribution in [1.82, 2.24) is 15.1 Å². The molecule has 2 fully saturated rings. The fourth-order valence-electron chi connectivity index (χ4n) is 2.49. The van der Waals surface area contributed by atoms with E-state index in [1.807, 2.05) is 13.0 Å². The third-order valence-electron chi connectivity index (χ3n) is 3.70. The molecule has 0 N–H and O–H groups in total. The molecule has 0 atom stereocenters. The van der Waals surface area contributed by atoms with E-state index in [1.165, 1.54) is 38.8 Å². The second-order valence-electron chi connectivity index (χ2n) is 5.15. The molecule has 0 unspecified atom stereocenters. The molecule has 90 valence electrons. The Bertz CT molecular complexity index is 417. The molecule has 1 aliphatic carbocycles. The lowest BCUT2D eigenvalue weighted by Crippen LogP contribution is -2.30. The van der Waals surface area contributed by atoms with Crippen LogP contribution in [-0.2, 0) is 6.54 Å². The maximum atomic E-state index is 4.24. The van der Waals surface area contributed by atoms with Gasteiger partial charge in [0.15, 0.2) is 0 Å². The summed E-state index contributed by atoms with van der Waals surface area (Å²) in [6.07, 6.45) is 5.29. The first-order valence-electron chi connectivity index (χ1n) is 6.52. The van der Waals surface area contributed by atoms with Gasteiger partial charge in [0, 0.05) is 19.6 Å². The average Bonchev–Trinajstić information content (AvgIpc) is 3.17. The highest BCUT2D eigenvalue weighted by atomic mass is 15.2. The SMILES string of the molecule is Cc1ccc(CN2CCC(=C3CC3)CC2)nn1. The summed E-state index contributed by atoms with van der Waals surface area (Å²) in [4.78, 5) is 2.49. The molecule has 3 rings (SSSR count). The van der Waals surface area contributed by atoms with E-state index in [9.17, 15) is 0 Å². The van der Waals surface area contributed by atoms with Gasteiger partial charge in [0.25, 0.3) is 0 Å². The van der Waals surface area contributed by atoms with E-state index in [2.05, 4.69) is 21.2 Å². The zero-order chi connectivity index (χ0) is 11.7. The first kappa shape index (κ1) is 10.9. The van der Waals surface area contributed by atoms with Crippen LogP contribution in [0.5, 0.6) is 0 Å². The van der Waals surface area contributed by atoms with Crippen molar-refractivity contribution >= 4 is 0 Å². The van der Waals surface area contributed by atoms with Crippen LogP contribution in [-0.4, -0.2) is 28.2 Å². The van der Waals surface area contributed by atoms with E-state index in [0.29, 0.717) is 0 Å². The molecule has 0 bridgehead atoms. The Hall–Kier alpha value is -1.22. The molecule has 1 aromatic rings. The van der Waals surface area contributed by atoms with Crippen LogP contribution in [0.2, 0.25) is 0 Å².